The third-order valence-electron chi connectivity index (χ3n) is 14.1. The zero-order valence-electron chi connectivity index (χ0n) is 44.9. The number of rotatable bonds is 55. The van der Waals surface area contributed by atoms with Crippen molar-refractivity contribution in [2.75, 3.05) is 6.61 Å². The van der Waals surface area contributed by atoms with Crippen molar-refractivity contribution >= 4 is 11.9 Å². The van der Waals surface area contributed by atoms with Crippen LogP contribution in [0.4, 0.5) is 0 Å². The fraction of sp³-hybridized carbons (Fsp3) is 0.933. The molecule has 392 valence electrons. The Balaban J connectivity index is 4.51. The quantitative estimate of drug-likeness (QED) is 0.0321. The standard InChI is InChI=1S/C60H117NO5/c1-4-7-10-13-16-19-22-25-27-29-31-34-36-39-42-45-48-51-56(66-60(65)53-50-47-44-41-38-35-32-30-28-26-23-20-17-14-11-8-5-2)54-59(64)61-57(55-62)58(63)52-49-46-43-40-37-33-24-21-18-15-12-9-6-3/h25,27,56-58,62-63H,4-24,26,28-55H2,1-3H3,(H,61,64)/b27-25+. The molecule has 6 nitrogen and oxygen atoms in total. The number of nitrogens with one attached hydrogen (secondary N) is 1. The predicted molar refractivity (Wildman–Crippen MR) is 287 cm³/mol. The highest BCUT2D eigenvalue weighted by atomic mass is 16.5. The smallest absolute Gasteiger partial charge is 0.306 e. The molecule has 0 radical (unpaired) electrons. The summed E-state index contributed by atoms with van der Waals surface area (Å²) in [5.74, 6) is -0.453. The summed E-state index contributed by atoms with van der Waals surface area (Å²) in [4.78, 5) is 26.3. The molecule has 0 aromatic rings. The molecular weight excluding hydrogens is 815 g/mol. The Bertz CT molecular complexity index is 1000. The van der Waals surface area contributed by atoms with Crippen LogP contribution in [0.2, 0.25) is 0 Å². The minimum absolute atomic E-state index is 0.0825. The van der Waals surface area contributed by atoms with E-state index in [9.17, 15) is 19.8 Å². The van der Waals surface area contributed by atoms with Gasteiger partial charge in [0.25, 0.3) is 0 Å². The largest absolute Gasteiger partial charge is 0.462 e. The minimum atomic E-state index is -0.784. The number of allylic oxidation sites excluding steroid dienone is 2. The number of hydrogen-bond donors (Lipinski definition) is 3. The zero-order chi connectivity index (χ0) is 48.1. The highest BCUT2D eigenvalue weighted by Gasteiger charge is 2.24. The molecule has 0 aliphatic heterocycles. The number of carbonyl (C=O) groups excluding carboxylic acids is 2. The van der Waals surface area contributed by atoms with Gasteiger partial charge in [-0.2, -0.15) is 0 Å². The van der Waals surface area contributed by atoms with Gasteiger partial charge in [0.05, 0.1) is 25.2 Å². The first-order valence-electron chi connectivity index (χ1n) is 29.9. The molecule has 0 saturated heterocycles. The Morgan fingerprint density at radius 2 is 0.727 bits per heavy atom. The van der Waals surface area contributed by atoms with Crippen LogP contribution in [0.25, 0.3) is 0 Å². The number of carbonyl (C=O) groups is 2. The second-order valence-corrected chi connectivity index (χ2v) is 20.8. The van der Waals surface area contributed by atoms with Crippen molar-refractivity contribution in [1.29, 1.82) is 0 Å². The molecule has 3 atom stereocenters. The minimum Gasteiger partial charge on any atom is -0.462 e. The van der Waals surface area contributed by atoms with E-state index in [1.807, 2.05) is 0 Å². The van der Waals surface area contributed by atoms with Gasteiger partial charge in [0.15, 0.2) is 0 Å². The zero-order valence-corrected chi connectivity index (χ0v) is 44.9. The lowest BCUT2D eigenvalue weighted by atomic mass is 10.0. The molecule has 0 rings (SSSR count). The number of unbranched alkanes of at least 4 members (excludes halogenated alkanes) is 41. The monoisotopic (exact) mass is 932 g/mol. The normalized spacial score (nSPS) is 13.1. The molecule has 6 heteroatoms. The van der Waals surface area contributed by atoms with E-state index < -0.39 is 18.2 Å². The van der Waals surface area contributed by atoms with Crippen LogP contribution < -0.4 is 5.32 Å². The van der Waals surface area contributed by atoms with Crippen molar-refractivity contribution in [3.05, 3.63) is 12.2 Å². The topological polar surface area (TPSA) is 95.9 Å². The van der Waals surface area contributed by atoms with Gasteiger partial charge in [-0.1, -0.05) is 283 Å². The van der Waals surface area contributed by atoms with Crippen LogP contribution in [-0.4, -0.2) is 46.9 Å². The van der Waals surface area contributed by atoms with Gasteiger partial charge in [-0.3, -0.25) is 9.59 Å². The number of hydrogen-bond acceptors (Lipinski definition) is 5. The molecule has 1 amide bonds. The number of ether oxygens (including phenoxy) is 1. The Morgan fingerprint density at radius 3 is 1.08 bits per heavy atom. The highest BCUT2D eigenvalue weighted by Crippen LogP contribution is 2.19. The fourth-order valence-corrected chi connectivity index (χ4v) is 9.55. The van der Waals surface area contributed by atoms with E-state index in [1.54, 1.807) is 0 Å². The molecule has 0 aromatic carbocycles. The molecule has 0 fully saturated rings. The summed E-state index contributed by atoms with van der Waals surface area (Å²) in [7, 11) is 0. The van der Waals surface area contributed by atoms with Crippen LogP contribution in [0.3, 0.4) is 0 Å². The van der Waals surface area contributed by atoms with Gasteiger partial charge in [0, 0.05) is 6.42 Å². The summed E-state index contributed by atoms with van der Waals surface area (Å²) in [6.45, 7) is 6.53. The third-order valence-corrected chi connectivity index (χ3v) is 14.1. The number of aliphatic hydroxyl groups is 2. The molecule has 3 N–H and O–H groups in total. The van der Waals surface area contributed by atoms with Gasteiger partial charge < -0.3 is 20.3 Å². The second-order valence-electron chi connectivity index (χ2n) is 20.8. The third kappa shape index (κ3) is 49.0. The van der Waals surface area contributed by atoms with Gasteiger partial charge in [-0.05, 0) is 51.4 Å². The van der Waals surface area contributed by atoms with Crippen LogP contribution in [0, 0.1) is 0 Å². The molecule has 66 heavy (non-hydrogen) atoms. The SMILES string of the molecule is CCCCCCCC/C=C/CCCCCCCCCC(CC(=O)NC(CO)C(O)CCCCCCCCCCCCCCC)OC(=O)CCCCCCCCCCCCCCCCCCC. The molecular formula is C60H117NO5. The predicted octanol–water partition coefficient (Wildman–Crippen LogP) is 18.5. The average Bonchev–Trinajstić information content (AvgIpc) is 3.31. The Labute approximate surface area is 412 Å². The van der Waals surface area contributed by atoms with Gasteiger partial charge in [-0.15, -0.1) is 0 Å². The molecule has 0 spiro atoms. The van der Waals surface area contributed by atoms with E-state index >= 15 is 0 Å². The Morgan fingerprint density at radius 1 is 0.424 bits per heavy atom. The second kappa shape index (κ2) is 54.5. The number of esters is 1. The van der Waals surface area contributed by atoms with E-state index in [0.717, 1.165) is 51.4 Å². The molecule has 0 aromatic heterocycles. The number of amides is 1. The first kappa shape index (κ1) is 64.6. The maximum Gasteiger partial charge on any atom is 0.306 e. The number of aliphatic hydroxyl groups excluding tert-OH is 2. The van der Waals surface area contributed by atoms with E-state index in [2.05, 4.69) is 38.2 Å². The van der Waals surface area contributed by atoms with Crippen LogP contribution in [0.5, 0.6) is 0 Å². The molecule has 0 saturated carbocycles. The van der Waals surface area contributed by atoms with Gasteiger partial charge in [-0.25, -0.2) is 0 Å². The molecule has 0 aliphatic carbocycles. The van der Waals surface area contributed by atoms with Crippen molar-refractivity contribution in [2.45, 2.75) is 354 Å². The van der Waals surface area contributed by atoms with Crippen LogP contribution in [-0.2, 0) is 14.3 Å². The molecule has 0 heterocycles. The lowest BCUT2D eigenvalue weighted by Crippen LogP contribution is -2.46. The van der Waals surface area contributed by atoms with Crippen molar-refractivity contribution in [3.63, 3.8) is 0 Å². The average molecular weight is 933 g/mol. The summed E-state index contributed by atoms with van der Waals surface area (Å²) in [5, 5.41) is 23.9. The summed E-state index contributed by atoms with van der Waals surface area (Å²) < 4.78 is 5.98. The van der Waals surface area contributed by atoms with Crippen molar-refractivity contribution in [2.24, 2.45) is 0 Å². The Hall–Kier alpha value is -1.40. The summed E-state index contributed by atoms with van der Waals surface area (Å²) >= 11 is 0. The molecule has 0 aliphatic rings. The van der Waals surface area contributed by atoms with E-state index in [-0.39, 0.29) is 24.9 Å². The van der Waals surface area contributed by atoms with E-state index in [4.69, 9.17) is 4.74 Å². The summed E-state index contributed by atoms with van der Waals surface area (Å²) in [6, 6.07) is -0.697. The van der Waals surface area contributed by atoms with Crippen molar-refractivity contribution in [1.82, 2.24) is 5.32 Å². The first-order valence-corrected chi connectivity index (χ1v) is 29.9. The van der Waals surface area contributed by atoms with Crippen LogP contribution >= 0.6 is 0 Å². The maximum absolute atomic E-state index is 13.3. The highest BCUT2D eigenvalue weighted by molar-refractivity contribution is 5.77. The molecule has 0 bridgehead atoms. The van der Waals surface area contributed by atoms with Gasteiger partial charge in [0.2, 0.25) is 5.91 Å². The van der Waals surface area contributed by atoms with E-state index in [1.165, 1.54) is 238 Å². The lowest BCUT2D eigenvalue weighted by Gasteiger charge is -2.24. The van der Waals surface area contributed by atoms with Gasteiger partial charge in [0.1, 0.15) is 6.10 Å². The van der Waals surface area contributed by atoms with E-state index in [0.29, 0.717) is 19.3 Å². The Kier molecular flexibility index (Phi) is 53.4. The van der Waals surface area contributed by atoms with Gasteiger partial charge >= 0.3 is 5.97 Å². The van der Waals surface area contributed by atoms with Crippen LogP contribution in [0.1, 0.15) is 335 Å². The maximum atomic E-state index is 13.3. The summed E-state index contributed by atoms with van der Waals surface area (Å²) in [5.41, 5.74) is 0. The first-order chi connectivity index (χ1) is 32.5. The molecule has 3 unspecified atom stereocenters. The van der Waals surface area contributed by atoms with Crippen molar-refractivity contribution < 1.29 is 24.5 Å². The fourth-order valence-electron chi connectivity index (χ4n) is 9.55. The lowest BCUT2D eigenvalue weighted by molar-refractivity contribution is -0.151. The summed E-state index contributed by atoms with van der Waals surface area (Å²) in [6.07, 6.45) is 62.8. The van der Waals surface area contributed by atoms with Crippen LogP contribution in [0.15, 0.2) is 12.2 Å². The van der Waals surface area contributed by atoms with Crippen molar-refractivity contribution in [3.8, 4) is 0 Å².